The van der Waals surface area contributed by atoms with Crippen molar-refractivity contribution >= 4 is 16.0 Å². The lowest BCUT2D eigenvalue weighted by Crippen LogP contribution is -2.25. The zero-order valence-corrected chi connectivity index (χ0v) is 11.1. The predicted octanol–water partition coefficient (Wildman–Crippen LogP) is 1.47. The second-order valence-corrected chi connectivity index (χ2v) is 5.66. The smallest absolute Gasteiger partial charge is 0.335 e. The van der Waals surface area contributed by atoms with Crippen molar-refractivity contribution in [3.63, 3.8) is 0 Å². The zero-order valence-electron chi connectivity index (χ0n) is 10.3. The number of aromatic carboxylic acids is 1. The molecule has 0 aromatic heterocycles. The fraction of sp³-hybridized carbons (Fsp3) is 0.308. The van der Waals surface area contributed by atoms with Crippen LogP contribution in [0, 0.1) is 12.3 Å². The van der Waals surface area contributed by atoms with E-state index >= 15 is 0 Å². The van der Waals surface area contributed by atoms with E-state index in [-0.39, 0.29) is 17.0 Å². The third-order valence-corrected chi connectivity index (χ3v) is 3.89. The fourth-order valence-electron chi connectivity index (χ4n) is 1.44. The number of hydrogen-bond donors (Lipinski definition) is 2. The van der Waals surface area contributed by atoms with Gasteiger partial charge in [-0.3, -0.25) is 0 Å². The van der Waals surface area contributed by atoms with Gasteiger partial charge in [0.25, 0.3) is 0 Å². The van der Waals surface area contributed by atoms with Crippen molar-refractivity contribution in [2.24, 2.45) is 0 Å². The Morgan fingerprint density at radius 2 is 2.11 bits per heavy atom. The Bertz CT molecular complexity index is 587. The molecule has 0 saturated carbocycles. The molecule has 1 aromatic carbocycles. The number of terminal acetylenes is 1. The largest absolute Gasteiger partial charge is 0.478 e. The third kappa shape index (κ3) is 4.73. The number of rotatable bonds is 7. The summed E-state index contributed by atoms with van der Waals surface area (Å²) in [5.41, 5.74) is -0.0600. The number of unbranched alkanes of at least 4 members (excludes halogenated alkanes) is 2. The Labute approximate surface area is 112 Å². The van der Waals surface area contributed by atoms with Gasteiger partial charge in [-0.1, -0.05) is 6.07 Å². The molecule has 0 saturated heterocycles. The van der Waals surface area contributed by atoms with Crippen molar-refractivity contribution in [2.75, 3.05) is 6.54 Å². The summed E-state index contributed by atoms with van der Waals surface area (Å²) in [7, 11) is -3.67. The summed E-state index contributed by atoms with van der Waals surface area (Å²) < 4.78 is 26.2. The van der Waals surface area contributed by atoms with Crippen molar-refractivity contribution < 1.29 is 18.3 Å². The van der Waals surface area contributed by atoms with E-state index in [9.17, 15) is 13.2 Å². The molecule has 1 aromatic rings. The first-order valence-electron chi connectivity index (χ1n) is 5.74. The van der Waals surface area contributed by atoms with Crippen molar-refractivity contribution in [1.29, 1.82) is 0 Å². The molecule has 0 aliphatic rings. The molecule has 0 atom stereocenters. The molecule has 0 unspecified atom stereocenters. The maximum atomic E-state index is 11.9. The topological polar surface area (TPSA) is 83.5 Å². The van der Waals surface area contributed by atoms with Gasteiger partial charge in [0.2, 0.25) is 10.0 Å². The average Bonchev–Trinajstić information content (AvgIpc) is 2.38. The summed E-state index contributed by atoms with van der Waals surface area (Å²) in [5.74, 6) is 1.31. The molecular weight excluding hydrogens is 266 g/mol. The molecule has 0 spiro atoms. The Hall–Kier alpha value is -1.84. The van der Waals surface area contributed by atoms with Crippen LogP contribution in [0.4, 0.5) is 0 Å². The lowest BCUT2D eigenvalue weighted by molar-refractivity contribution is 0.0696. The van der Waals surface area contributed by atoms with Crippen LogP contribution in [0.2, 0.25) is 0 Å². The number of carboxylic acid groups (broad SMARTS) is 1. The first-order chi connectivity index (χ1) is 8.97. The summed E-state index contributed by atoms with van der Waals surface area (Å²) in [4.78, 5) is 10.7. The first kappa shape index (κ1) is 15.2. The highest BCUT2D eigenvalue weighted by Crippen LogP contribution is 2.11. The van der Waals surface area contributed by atoms with Crippen molar-refractivity contribution in [3.05, 3.63) is 29.8 Å². The van der Waals surface area contributed by atoms with Gasteiger partial charge in [0.1, 0.15) is 0 Å². The summed E-state index contributed by atoms with van der Waals surface area (Å²) >= 11 is 0. The minimum Gasteiger partial charge on any atom is -0.478 e. The first-order valence-corrected chi connectivity index (χ1v) is 7.22. The zero-order chi connectivity index (χ0) is 14.3. The van der Waals surface area contributed by atoms with Gasteiger partial charge in [-0.25, -0.2) is 17.9 Å². The normalized spacial score (nSPS) is 10.9. The lowest BCUT2D eigenvalue weighted by atomic mass is 10.2. The van der Waals surface area contributed by atoms with E-state index in [4.69, 9.17) is 11.5 Å². The van der Waals surface area contributed by atoms with Crippen molar-refractivity contribution in [2.45, 2.75) is 24.2 Å². The van der Waals surface area contributed by atoms with Gasteiger partial charge in [-0.2, -0.15) is 0 Å². The standard InChI is InChI=1S/C13H15NO4S/c1-2-3-4-5-9-14-19(17,18)12-8-6-7-11(10-12)13(15)16/h1,6-8,10,14H,3-5,9H2,(H,15,16). The second-order valence-electron chi connectivity index (χ2n) is 3.89. The van der Waals surface area contributed by atoms with Gasteiger partial charge < -0.3 is 5.11 Å². The Morgan fingerprint density at radius 1 is 1.37 bits per heavy atom. The van der Waals surface area contributed by atoms with Crippen LogP contribution in [0.1, 0.15) is 29.6 Å². The van der Waals surface area contributed by atoms with Crippen LogP contribution in [0.25, 0.3) is 0 Å². The third-order valence-electron chi connectivity index (χ3n) is 2.43. The number of carboxylic acids is 1. The highest BCUT2D eigenvalue weighted by atomic mass is 32.2. The monoisotopic (exact) mass is 281 g/mol. The predicted molar refractivity (Wildman–Crippen MR) is 71.3 cm³/mol. The van der Waals surface area contributed by atoms with Crippen molar-refractivity contribution in [3.8, 4) is 12.3 Å². The Balaban J connectivity index is 2.70. The highest BCUT2D eigenvalue weighted by molar-refractivity contribution is 7.89. The lowest BCUT2D eigenvalue weighted by Gasteiger charge is -2.06. The van der Waals surface area contributed by atoms with E-state index in [1.165, 1.54) is 18.2 Å². The summed E-state index contributed by atoms with van der Waals surface area (Å²) in [5, 5.41) is 8.81. The van der Waals surface area contributed by atoms with Crippen LogP contribution in [0.3, 0.4) is 0 Å². The van der Waals surface area contributed by atoms with Crippen LogP contribution in [0.15, 0.2) is 29.2 Å². The molecule has 0 radical (unpaired) electrons. The van der Waals surface area contributed by atoms with E-state index in [1.54, 1.807) is 0 Å². The molecule has 2 N–H and O–H groups in total. The summed E-state index contributed by atoms with van der Waals surface area (Å²) in [6.07, 6.45) is 7.08. The van der Waals surface area contributed by atoms with E-state index in [0.717, 1.165) is 12.5 Å². The Morgan fingerprint density at radius 3 is 2.74 bits per heavy atom. The van der Waals surface area contributed by atoms with Crippen LogP contribution in [0.5, 0.6) is 0 Å². The summed E-state index contributed by atoms with van der Waals surface area (Å²) in [6, 6.07) is 5.23. The molecule has 0 aliphatic heterocycles. The summed E-state index contributed by atoms with van der Waals surface area (Å²) in [6.45, 7) is 0.279. The number of sulfonamides is 1. The molecule has 0 fully saturated rings. The van der Waals surface area contributed by atoms with E-state index in [1.807, 2.05) is 0 Å². The fourth-order valence-corrected chi connectivity index (χ4v) is 2.56. The van der Waals surface area contributed by atoms with Gasteiger partial charge in [0.05, 0.1) is 10.5 Å². The molecule has 0 amide bonds. The Kier molecular flexibility index (Phi) is 5.55. The minimum absolute atomic E-state index is 0.0515. The van der Waals surface area contributed by atoms with E-state index in [2.05, 4.69) is 10.6 Å². The molecule has 19 heavy (non-hydrogen) atoms. The van der Waals surface area contributed by atoms with Gasteiger partial charge in [-0.05, 0) is 31.0 Å². The molecule has 6 heteroatoms. The molecular formula is C13H15NO4S. The van der Waals surface area contributed by atoms with Gasteiger partial charge in [-0.15, -0.1) is 12.3 Å². The van der Waals surface area contributed by atoms with E-state index < -0.39 is 16.0 Å². The molecule has 5 nitrogen and oxygen atoms in total. The van der Waals surface area contributed by atoms with Crippen LogP contribution >= 0.6 is 0 Å². The second kappa shape index (κ2) is 6.92. The minimum atomic E-state index is -3.67. The molecule has 102 valence electrons. The SMILES string of the molecule is C#CCCCCNS(=O)(=O)c1cccc(C(=O)O)c1. The molecule has 0 aliphatic carbocycles. The quantitative estimate of drug-likeness (QED) is 0.585. The number of benzene rings is 1. The number of nitrogens with one attached hydrogen (secondary N) is 1. The van der Waals surface area contributed by atoms with Crippen LogP contribution in [-0.4, -0.2) is 26.0 Å². The van der Waals surface area contributed by atoms with Gasteiger partial charge in [0.15, 0.2) is 0 Å². The van der Waals surface area contributed by atoms with Gasteiger partial charge in [0, 0.05) is 13.0 Å². The van der Waals surface area contributed by atoms with E-state index in [0.29, 0.717) is 12.8 Å². The molecule has 0 heterocycles. The number of hydrogen-bond acceptors (Lipinski definition) is 3. The molecule has 1 rings (SSSR count). The van der Waals surface area contributed by atoms with Crippen molar-refractivity contribution in [1.82, 2.24) is 4.72 Å². The maximum absolute atomic E-state index is 11.9. The average molecular weight is 281 g/mol. The van der Waals surface area contributed by atoms with Crippen LogP contribution in [-0.2, 0) is 10.0 Å². The highest BCUT2D eigenvalue weighted by Gasteiger charge is 2.15. The molecule has 0 bridgehead atoms. The maximum Gasteiger partial charge on any atom is 0.335 e. The van der Waals surface area contributed by atoms with Crippen LogP contribution < -0.4 is 4.72 Å². The number of carbonyl (C=O) groups is 1. The van der Waals surface area contributed by atoms with Gasteiger partial charge >= 0.3 is 5.97 Å².